The number of anilines is 2. The highest BCUT2D eigenvalue weighted by molar-refractivity contribution is 5.93. The highest BCUT2D eigenvalue weighted by Crippen LogP contribution is 2.27. The van der Waals surface area contributed by atoms with Crippen LogP contribution in [0.1, 0.15) is 53.2 Å². The van der Waals surface area contributed by atoms with Crippen molar-refractivity contribution in [1.82, 2.24) is 9.88 Å². The van der Waals surface area contributed by atoms with E-state index >= 15 is 0 Å². The molecule has 2 rings (SSSR count). The third-order valence-corrected chi connectivity index (χ3v) is 4.41. The van der Waals surface area contributed by atoms with Gasteiger partial charge in [-0.25, -0.2) is 4.79 Å². The van der Waals surface area contributed by atoms with Crippen LogP contribution in [0.4, 0.5) is 16.2 Å². The molecule has 26 heavy (non-hydrogen) atoms. The van der Waals surface area contributed by atoms with E-state index < -0.39 is 11.7 Å². The SMILES string of the molecule is Cc1ncc(NC(=O)CN2CCCC2(C)C)cc1NC(=O)OC(C)(C)C. The van der Waals surface area contributed by atoms with Crippen molar-refractivity contribution in [2.45, 2.75) is 65.5 Å². The van der Waals surface area contributed by atoms with Crippen LogP contribution in [0, 0.1) is 6.92 Å². The lowest BCUT2D eigenvalue weighted by Gasteiger charge is -2.30. The first-order valence-corrected chi connectivity index (χ1v) is 8.98. The van der Waals surface area contributed by atoms with Crippen LogP contribution in [0.25, 0.3) is 0 Å². The standard InChI is InChI=1S/C19H30N4O3/c1-13-15(22-17(25)26-18(2,3)4)10-14(11-20-13)21-16(24)12-23-9-7-8-19(23,5)6/h10-11H,7-9,12H2,1-6H3,(H,21,24)(H,22,25). The molecule has 0 aliphatic carbocycles. The summed E-state index contributed by atoms with van der Waals surface area (Å²) in [5.74, 6) is -0.0890. The first kappa shape index (κ1) is 20.2. The van der Waals surface area contributed by atoms with Gasteiger partial charge in [-0.3, -0.25) is 20.0 Å². The van der Waals surface area contributed by atoms with Crippen LogP contribution in [0.5, 0.6) is 0 Å². The summed E-state index contributed by atoms with van der Waals surface area (Å²) in [6.45, 7) is 12.8. The lowest BCUT2D eigenvalue weighted by molar-refractivity contribution is -0.118. The van der Waals surface area contributed by atoms with E-state index in [1.165, 1.54) is 0 Å². The van der Waals surface area contributed by atoms with Crippen molar-refractivity contribution in [1.29, 1.82) is 0 Å². The summed E-state index contributed by atoms with van der Waals surface area (Å²) in [6, 6.07) is 1.69. The molecule has 1 aromatic heterocycles. The predicted molar refractivity (Wildman–Crippen MR) is 102 cm³/mol. The number of ether oxygens (including phenoxy) is 1. The maximum Gasteiger partial charge on any atom is 0.412 e. The summed E-state index contributed by atoms with van der Waals surface area (Å²) < 4.78 is 5.26. The molecule has 1 aliphatic heterocycles. The molecule has 1 aliphatic rings. The second-order valence-electron chi connectivity index (χ2n) is 8.37. The van der Waals surface area contributed by atoms with Gasteiger partial charge in [-0.1, -0.05) is 0 Å². The van der Waals surface area contributed by atoms with E-state index in [0.717, 1.165) is 19.4 Å². The smallest absolute Gasteiger partial charge is 0.412 e. The van der Waals surface area contributed by atoms with Gasteiger partial charge in [0, 0.05) is 5.54 Å². The van der Waals surface area contributed by atoms with E-state index in [-0.39, 0.29) is 11.4 Å². The van der Waals surface area contributed by atoms with E-state index in [0.29, 0.717) is 23.6 Å². The van der Waals surface area contributed by atoms with Crippen molar-refractivity contribution in [3.63, 3.8) is 0 Å². The molecule has 0 atom stereocenters. The van der Waals surface area contributed by atoms with E-state index in [4.69, 9.17) is 4.74 Å². The van der Waals surface area contributed by atoms with E-state index in [2.05, 4.69) is 34.4 Å². The normalized spacial score (nSPS) is 17.0. The Bertz CT molecular complexity index is 680. The van der Waals surface area contributed by atoms with Crippen LogP contribution in [0.2, 0.25) is 0 Å². The molecule has 0 radical (unpaired) electrons. The van der Waals surface area contributed by atoms with Crippen LogP contribution >= 0.6 is 0 Å². The Labute approximate surface area is 155 Å². The third-order valence-electron chi connectivity index (χ3n) is 4.41. The van der Waals surface area contributed by atoms with Gasteiger partial charge in [0.2, 0.25) is 5.91 Å². The largest absolute Gasteiger partial charge is 0.444 e. The number of pyridine rings is 1. The molecule has 2 N–H and O–H groups in total. The number of carbonyl (C=O) groups is 2. The van der Waals surface area contributed by atoms with E-state index in [9.17, 15) is 9.59 Å². The van der Waals surface area contributed by atoms with Gasteiger partial charge in [0.15, 0.2) is 0 Å². The Hall–Kier alpha value is -2.15. The first-order valence-electron chi connectivity index (χ1n) is 8.98. The minimum Gasteiger partial charge on any atom is -0.444 e. The van der Waals surface area contributed by atoms with Gasteiger partial charge in [0.1, 0.15) is 5.60 Å². The molecule has 0 saturated carbocycles. The number of carbonyl (C=O) groups excluding carboxylic acids is 2. The number of amides is 2. The lowest BCUT2D eigenvalue weighted by Crippen LogP contribution is -2.42. The summed E-state index contributed by atoms with van der Waals surface area (Å²) in [7, 11) is 0. The van der Waals surface area contributed by atoms with Crippen molar-refractivity contribution >= 4 is 23.4 Å². The minimum absolute atomic E-state index is 0.0479. The number of hydrogen-bond acceptors (Lipinski definition) is 5. The predicted octanol–water partition coefficient (Wildman–Crippen LogP) is 3.55. The molecule has 2 heterocycles. The Morgan fingerprint density at radius 3 is 2.58 bits per heavy atom. The second-order valence-corrected chi connectivity index (χ2v) is 8.37. The molecular formula is C19H30N4O3. The minimum atomic E-state index is -0.584. The summed E-state index contributed by atoms with van der Waals surface area (Å²) >= 11 is 0. The molecule has 7 nitrogen and oxygen atoms in total. The number of nitrogens with one attached hydrogen (secondary N) is 2. The van der Waals surface area contributed by atoms with Gasteiger partial charge in [-0.05, 0) is 67.0 Å². The fourth-order valence-corrected chi connectivity index (χ4v) is 2.97. The number of aromatic nitrogens is 1. The molecule has 1 fully saturated rings. The van der Waals surface area contributed by atoms with Crippen LogP contribution in [0.3, 0.4) is 0 Å². The summed E-state index contributed by atoms with van der Waals surface area (Å²) in [5.41, 5.74) is 1.17. The Balaban J connectivity index is 2.00. The van der Waals surface area contributed by atoms with E-state index in [1.54, 1.807) is 40.0 Å². The summed E-state index contributed by atoms with van der Waals surface area (Å²) in [5, 5.41) is 5.54. The average molecular weight is 362 g/mol. The highest BCUT2D eigenvalue weighted by atomic mass is 16.6. The molecular weight excluding hydrogens is 332 g/mol. The highest BCUT2D eigenvalue weighted by Gasteiger charge is 2.32. The molecule has 7 heteroatoms. The number of hydrogen-bond donors (Lipinski definition) is 2. The van der Waals surface area contributed by atoms with Crippen LogP contribution in [-0.4, -0.2) is 46.1 Å². The van der Waals surface area contributed by atoms with Crippen LogP contribution in [-0.2, 0) is 9.53 Å². The van der Waals surface area contributed by atoms with Gasteiger partial charge in [-0.2, -0.15) is 0 Å². The second kappa shape index (κ2) is 7.61. The van der Waals surface area contributed by atoms with Crippen LogP contribution < -0.4 is 10.6 Å². The topological polar surface area (TPSA) is 83.6 Å². The number of nitrogens with zero attached hydrogens (tertiary/aromatic N) is 2. The van der Waals surface area contributed by atoms with Crippen molar-refractivity contribution in [2.75, 3.05) is 23.7 Å². The first-order chi connectivity index (χ1) is 12.0. The van der Waals surface area contributed by atoms with Crippen molar-refractivity contribution in [3.05, 3.63) is 18.0 Å². The number of likely N-dealkylation sites (tertiary alicyclic amines) is 1. The van der Waals surface area contributed by atoms with Gasteiger partial charge in [-0.15, -0.1) is 0 Å². The zero-order chi connectivity index (χ0) is 19.5. The molecule has 2 amide bonds. The van der Waals surface area contributed by atoms with Crippen LogP contribution in [0.15, 0.2) is 12.3 Å². The third kappa shape index (κ3) is 5.69. The fourth-order valence-electron chi connectivity index (χ4n) is 2.97. The maximum absolute atomic E-state index is 12.4. The zero-order valence-corrected chi connectivity index (χ0v) is 16.6. The zero-order valence-electron chi connectivity index (χ0n) is 16.6. The van der Waals surface area contributed by atoms with Crippen molar-refractivity contribution in [2.24, 2.45) is 0 Å². The Kier molecular flexibility index (Phi) is 5.91. The average Bonchev–Trinajstić information content (AvgIpc) is 2.79. The molecule has 0 aromatic carbocycles. The molecule has 1 aromatic rings. The molecule has 0 spiro atoms. The van der Waals surface area contributed by atoms with Crippen molar-refractivity contribution in [3.8, 4) is 0 Å². The monoisotopic (exact) mass is 362 g/mol. The Morgan fingerprint density at radius 2 is 2.00 bits per heavy atom. The lowest BCUT2D eigenvalue weighted by atomic mass is 10.0. The number of rotatable bonds is 4. The molecule has 0 bridgehead atoms. The maximum atomic E-state index is 12.4. The molecule has 144 valence electrons. The molecule has 1 saturated heterocycles. The Morgan fingerprint density at radius 1 is 1.31 bits per heavy atom. The number of aryl methyl sites for hydroxylation is 1. The van der Waals surface area contributed by atoms with Gasteiger partial charge in [0.25, 0.3) is 0 Å². The summed E-state index contributed by atoms with van der Waals surface area (Å²) in [4.78, 5) is 30.8. The quantitative estimate of drug-likeness (QED) is 0.856. The van der Waals surface area contributed by atoms with E-state index in [1.807, 2.05) is 0 Å². The summed E-state index contributed by atoms with van der Waals surface area (Å²) in [6.07, 6.45) is 3.24. The van der Waals surface area contributed by atoms with Gasteiger partial charge < -0.3 is 10.1 Å². The molecule has 0 unspecified atom stereocenters. The van der Waals surface area contributed by atoms with Crippen molar-refractivity contribution < 1.29 is 14.3 Å². The van der Waals surface area contributed by atoms with Gasteiger partial charge in [0.05, 0.1) is 29.8 Å². The fraction of sp³-hybridized carbons (Fsp3) is 0.632. The van der Waals surface area contributed by atoms with Gasteiger partial charge >= 0.3 is 6.09 Å².